The number of piperidine rings is 1. The van der Waals surface area contributed by atoms with E-state index < -0.39 is 0 Å². The second-order valence-electron chi connectivity index (χ2n) is 6.78. The summed E-state index contributed by atoms with van der Waals surface area (Å²) in [5, 5.41) is 3.02. The molecule has 0 aromatic heterocycles. The minimum absolute atomic E-state index is 0.0162. The van der Waals surface area contributed by atoms with Gasteiger partial charge in [0.15, 0.2) is 0 Å². The van der Waals surface area contributed by atoms with Gasteiger partial charge in [0.2, 0.25) is 5.91 Å². The molecule has 1 aromatic carbocycles. The minimum atomic E-state index is -0.0162. The second kappa shape index (κ2) is 9.16. The molecule has 1 amide bonds. The number of nitrogens with one attached hydrogen (secondary N) is 1. The van der Waals surface area contributed by atoms with Crippen molar-refractivity contribution in [2.75, 3.05) is 39.5 Å². The average molecular weight is 332 g/mol. The van der Waals surface area contributed by atoms with Gasteiger partial charge in [-0.25, -0.2) is 0 Å². The molecule has 5 nitrogen and oxygen atoms in total. The molecule has 2 fully saturated rings. The third-order valence-corrected chi connectivity index (χ3v) is 5.00. The smallest absolute Gasteiger partial charge is 0.246 e. The quantitative estimate of drug-likeness (QED) is 0.827. The molecule has 0 radical (unpaired) electrons. The average Bonchev–Trinajstić information content (AvgIpc) is 3.16. The van der Waals surface area contributed by atoms with Crippen LogP contribution >= 0.6 is 0 Å². The highest BCUT2D eigenvalue weighted by Gasteiger charge is 2.27. The van der Waals surface area contributed by atoms with Gasteiger partial charge in [0, 0.05) is 19.2 Å². The number of ether oxygens (including phenoxy) is 2. The van der Waals surface area contributed by atoms with Crippen molar-refractivity contribution in [2.45, 2.75) is 31.9 Å². The van der Waals surface area contributed by atoms with Gasteiger partial charge in [0.25, 0.3) is 0 Å². The number of carbonyl (C=O) groups excluding carboxylic acids is 1. The van der Waals surface area contributed by atoms with Crippen molar-refractivity contribution in [3.63, 3.8) is 0 Å². The Labute approximate surface area is 144 Å². The lowest BCUT2D eigenvalue weighted by Gasteiger charge is -2.35. The topological polar surface area (TPSA) is 50.8 Å². The van der Waals surface area contributed by atoms with E-state index in [9.17, 15) is 4.79 Å². The highest BCUT2D eigenvalue weighted by atomic mass is 16.5. The van der Waals surface area contributed by atoms with Gasteiger partial charge in [-0.2, -0.15) is 0 Å². The van der Waals surface area contributed by atoms with Crippen LogP contribution in [0.2, 0.25) is 0 Å². The fraction of sp³-hybridized carbons (Fsp3) is 0.632. The lowest BCUT2D eigenvalue weighted by atomic mass is 9.95. The van der Waals surface area contributed by atoms with Gasteiger partial charge < -0.3 is 14.8 Å². The molecule has 2 heterocycles. The Kier molecular flexibility index (Phi) is 6.64. The van der Waals surface area contributed by atoms with Gasteiger partial charge in [-0.05, 0) is 43.8 Å². The van der Waals surface area contributed by atoms with Gasteiger partial charge in [0.05, 0.1) is 13.2 Å². The van der Waals surface area contributed by atoms with E-state index in [2.05, 4.69) is 10.2 Å². The minimum Gasteiger partial charge on any atom is -0.380 e. The molecule has 2 aliphatic rings. The molecule has 1 atom stereocenters. The Bertz CT molecular complexity index is 495. The Hall–Kier alpha value is -1.43. The van der Waals surface area contributed by atoms with E-state index in [-0.39, 0.29) is 12.5 Å². The van der Waals surface area contributed by atoms with Crippen molar-refractivity contribution >= 4 is 5.91 Å². The molecule has 2 aliphatic heterocycles. The molecular formula is C19H28N2O3. The van der Waals surface area contributed by atoms with Crippen LogP contribution in [0.4, 0.5) is 0 Å². The molecule has 1 N–H and O–H groups in total. The van der Waals surface area contributed by atoms with Crippen LogP contribution in [-0.2, 0) is 20.9 Å². The Morgan fingerprint density at radius 1 is 1.21 bits per heavy atom. The van der Waals surface area contributed by atoms with Crippen molar-refractivity contribution in [1.82, 2.24) is 10.2 Å². The first-order chi connectivity index (χ1) is 11.8. The van der Waals surface area contributed by atoms with E-state index in [1.54, 1.807) is 0 Å². The number of likely N-dealkylation sites (tertiary alicyclic amines) is 1. The first kappa shape index (κ1) is 17.4. The zero-order valence-electron chi connectivity index (χ0n) is 14.3. The largest absolute Gasteiger partial charge is 0.380 e. The molecule has 132 valence electrons. The molecule has 3 rings (SSSR count). The number of nitrogens with zero attached hydrogens (tertiary/aromatic N) is 1. The van der Waals surface area contributed by atoms with Crippen molar-refractivity contribution in [3.05, 3.63) is 35.9 Å². The zero-order valence-corrected chi connectivity index (χ0v) is 14.3. The maximum atomic E-state index is 11.9. The monoisotopic (exact) mass is 332 g/mol. The van der Waals surface area contributed by atoms with Crippen LogP contribution in [0, 0.1) is 5.92 Å². The number of carbonyl (C=O) groups is 1. The Balaban J connectivity index is 1.27. The molecule has 5 heteroatoms. The van der Waals surface area contributed by atoms with Gasteiger partial charge in [0.1, 0.15) is 6.61 Å². The third kappa shape index (κ3) is 5.30. The van der Waals surface area contributed by atoms with Crippen molar-refractivity contribution in [3.8, 4) is 0 Å². The van der Waals surface area contributed by atoms with Gasteiger partial charge in [-0.3, -0.25) is 9.69 Å². The number of amides is 1. The normalized spacial score (nSPS) is 22.6. The summed E-state index contributed by atoms with van der Waals surface area (Å²) >= 11 is 0. The summed E-state index contributed by atoms with van der Waals surface area (Å²) in [4.78, 5) is 14.4. The predicted molar refractivity (Wildman–Crippen MR) is 92.6 cm³/mol. The van der Waals surface area contributed by atoms with Crippen LogP contribution in [0.3, 0.4) is 0 Å². The Morgan fingerprint density at radius 2 is 2.00 bits per heavy atom. The molecule has 0 aliphatic carbocycles. The van der Waals surface area contributed by atoms with E-state index in [1.165, 1.54) is 6.42 Å². The predicted octanol–water partition coefficient (Wildman–Crippen LogP) is 1.82. The fourth-order valence-corrected chi connectivity index (χ4v) is 3.48. The van der Waals surface area contributed by atoms with Crippen molar-refractivity contribution in [1.29, 1.82) is 0 Å². The lowest BCUT2D eigenvalue weighted by molar-refractivity contribution is -0.126. The molecule has 2 saturated heterocycles. The van der Waals surface area contributed by atoms with E-state index in [4.69, 9.17) is 9.47 Å². The highest BCUT2D eigenvalue weighted by Crippen LogP contribution is 2.21. The molecule has 0 saturated carbocycles. The zero-order chi connectivity index (χ0) is 16.6. The summed E-state index contributed by atoms with van der Waals surface area (Å²) in [7, 11) is 0. The molecule has 1 aromatic rings. The van der Waals surface area contributed by atoms with Crippen LogP contribution in [0.15, 0.2) is 30.3 Å². The molecule has 0 spiro atoms. The van der Waals surface area contributed by atoms with Crippen LogP contribution in [0.1, 0.15) is 24.8 Å². The first-order valence-corrected chi connectivity index (χ1v) is 9.01. The number of hydrogen-bond donors (Lipinski definition) is 1. The Morgan fingerprint density at radius 3 is 2.71 bits per heavy atom. The molecule has 0 bridgehead atoms. The number of rotatable bonds is 7. The second-order valence-corrected chi connectivity index (χ2v) is 6.78. The van der Waals surface area contributed by atoms with Gasteiger partial charge in [-0.15, -0.1) is 0 Å². The van der Waals surface area contributed by atoms with E-state index in [0.29, 0.717) is 18.6 Å². The van der Waals surface area contributed by atoms with Gasteiger partial charge >= 0.3 is 0 Å². The maximum Gasteiger partial charge on any atom is 0.246 e. The first-order valence-electron chi connectivity index (χ1n) is 9.01. The van der Waals surface area contributed by atoms with Crippen LogP contribution < -0.4 is 5.32 Å². The van der Waals surface area contributed by atoms with Crippen LogP contribution in [0.5, 0.6) is 0 Å². The summed E-state index contributed by atoms with van der Waals surface area (Å²) in [6.45, 7) is 5.42. The van der Waals surface area contributed by atoms with Crippen LogP contribution in [-0.4, -0.2) is 56.3 Å². The molecule has 1 unspecified atom stereocenters. The van der Waals surface area contributed by atoms with Crippen LogP contribution in [0.25, 0.3) is 0 Å². The standard InChI is InChI=1S/C19H28N2O3/c22-19(15-24-13-17-4-2-1-3-5-17)20-12-16-6-9-21(10-7-16)18-8-11-23-14-18/h1-5,16,18H,6-15H2,(H,20,22). The maximum absolute atomic E-state index is 11.9. The van der Waals surface area contributed by atoms with Crippen molar-refractivity contribution in [2.24, 2.45) is 5.92 Å². The summed E-state index contributed by atoms with van der Waals surface area (Å²) in [5.74, 6) is 0.569. The molecule has 24 heavy (non-hydrogen) atoms. The lowest BCUT2D eigenvalue weighted by Crippen LogP contribution is -2.44. The van der Waals surface area contributed by atoms with E-state index >= 15 is 0 Å². The summed E-state index contributed by atoms with van der Waals surface area (Å²) < 4.78 is 10.9. The summed E-state index contributed by atoms with van der Waals surface area (Å²) in [6, 6.07) is 10.5. The van der Waals surface area contributed by atoms with Crippen molar-refractivity contribution < 1.29 is 14.3 Å². The molecular weight excluding hydrogens is 304 g/mol. The fourth-order valence-electron chi connectivity index (χ4n) is 3.48. The summed E-state index contributed by atoms with van der Waals surface area (Å²) in [6.07, 6.45) is 3.48. The van der Waals surface area contributed by atoms with Gasteiger partial charge in [-0.1, -0.05) is 30.3 Å². The van der Waals surface area contributed by atoms with E-state index in [0.717, 1.165) is 51.3 Å². The summed E-state index contributed by atoms with van der Waals surface area (Å²) in [5.41, 5.74) is 1.09. The SMILES string of the molecule is O=C(COCc1ccccc1)NCC1CCN(C2CCOC2)CC1. The number of benzene rings is 1. The van der Waals surface area contributed by atoms with E-state index in [1.807, 2.05) is 30.3 Å². The highest BCUT2D eigenvalue weighted by molar-refractivity contribution is 5.77. The third-order valence-electron chi connectivity index (χ3n) is 5.00. The number of hydrogen-bond acceptors (Lipinski definition) is 4.